The number of aliphatic hydroxyl groups is 2. The third-order valence-electron chi connectivity index (χ3n) is 1.28. The van der Waals surface area contributed by atoms with E-state index in [4.69, 9.17) is 21.1 Å². The number of nitrogens with two attached hydrogens (primary N) is 1. The SMILES string of the molecule is CC(O)C[C@@H](O)[C@H](N)C(=O)O. The van der Waals surface area contributed by atoms with Gasteiger partial charge in [0.05, 0.1) is 12.2 Å². The molecule has 0 aromatic carbocycles. The molecule has 0 rings (SSSR count). The molecule has 0 radical (unpaired) electrons. The summed E-state index contributed by atoms with van der Waals surface area (Å²) in [5.74, 6) is -1.27. The van der Waals surface area contributed by atoms with E-state index < -0.39 is 24.2 Å². The van der Waals surface area contributed by atoms with Crippen LogP contribution >= 0.6 is 0 Å². The van der Waals surface area contributed by atoms with E-state index in [0.29, 0.717) is 0 Å². The van der Waals surface area contributed by atoms with Gasteiger partial charge in [0.25, 0.3) is 0 Å². The summed E-state index contributed by atoms with van der Waals surface area (Å²) < 4.78 is 0. The van der Waals surface area contributed by atoms with Crippen LogP contribution in [0.1, 0.15) is 13.3 Å². The van der Waals surface area contributed by atoms with Crippen molar-refractivity contribution >= 4 is 5.97 Å². The third-order valence-corrected chi connectivity index (χ3v) is 1.28. The molecule has 0 saturated carbocycles. The molecular weight excluding hydrogens is 150 g/mol. The fourth-order valence-corrected chi connectivity index (χ4v) is 0.661. The number of hydrogen-bond acceptors (Lipinski definition) is 4. The van der Waals surface area contributed by atoms with Crippen LogP contribution in [0.3, 0.4) is 0 Å². The molecule has 0 fully saturated rings. The molecular formula is C6H13NO4. The molecule has 0 aromatic rings. The molecule has 11 heavy (non-hydrogen) atoms. The van der Waals surface area contributed by atoms with Gasteiger partial charge in [-0.2, -0.15) is 0 Å². The van der Waals surface area contributed by atoms with Gasteiger partial charge in [-0.3, -0.25) is 4.79 Å². The largest absolute Gasteiger partial charge is 0.480 e. The number of carbonyl (C=O) groups is 1. The number of aliphatic hydroxyl groups excluding tert-OH is 2. The highest BCUT2D eigenvalue weighted by molar-refractivity contribution is 5.73. The van der Waals surface area contributed by atoms with Gasteiger partial charge in [-0.05, 0) is 6.92 Å². The number of carboxylic acids is 1. The summed E-state index contributed by atoms with van der Waals surface area (Å²) in [7, 11) is 0. The topological polar surface area (TPSA) is 104 Å². The lowest BCUT2D eigenvalue weighted by atomic mass is 10.1. The highest BCUT2D eigenvalue weighted by atomic mass is 16.4. The van der Waals surface area contributed by atoms with Crippen molar-refractivity contribution in [3.8, 4) is 0 Å². The zero-order valence-corrected chi connectivity index (χ0v) is 6.27. The van der Waals surface area contributed by atoms with Crippen molar-refractivity contribution in [1.82, 2.24) is 0 Å². The van der Waals surface area contributed by atoms with Crippen molar-refractivity contribution in [2.24, 2.45) is 5.73 Å². The van der Waals surface area contributed by atoms with Crippen molar-refractivity contribution in [1.29, 1.82) is 0 Å². The zero-order valence-electron chi connectivity index (χ0n) is 6.27. The van der Waals surface area contributed by atoms with Crippen LogP contribution in [0.2, 0.25) is 0 Å². The minimum absolute atomic E-state index is 0.0204. The molecule has 5 heteroatoms. The quantitative estimate of drug-likeness (QED) is 0.405. The Morgan fingerprint density at radius 2 is 2.00 bits per heavy atom. The van der Waals surface area contributed by atoms with Gasteiger partial charge in [-0.1, -0.05) is 0 Å². The smallest absolute Gasteiger partial charge is 0.323 e. The fourth-order valence-electron chi connectivity index (χ4n) is 0.661. The van der Waals surface area contributed by atoms with Gasteiger partial charge in [0.15, 0.2) is 0 Å². The Balaban J connectivity index is 3.82. The summed E-state index contributed by atoms with van der Waals surface area (Å²) in [6, 6.07) is -1.32. The van der Waals surface area contributed by atoms with Gasteiger partial charge in [0.1, 0.15) is 6.04 Å². The minimum Gasteiger partial charge on any atom is -0.480 e. The number of aliphatic carboxylic acids is 1. The Bertz CT molecular complexity index is 137. The summed E-state index contributed by atoms with van der Waals surface area (Å²) >= 11 is 0. The summed E-state index contributed by atoms with van der Waals surface area (Å²) in [6.45, 7) is 1.46. The number of rotatable bonds is 4. The van der Waals surface area contributed by atoms with Gasteiger partial charge in [0, 0.05) is 6.42 Å². The Morgan fingerprint density at radius 1 is 1.55 bits per heavy atom. The first-order valence-electron chi connectivity index (χ1n) is 3.29. The Morgan fingerprint density at radius 3 is 2.27 bits per heavy atom. The molecule has 1 unspecified atom stereocenters. The second kappa shape index (κ2) is 4.27. The van der Waals surface area contributed by atoms with Crippen molar-refractivity contribution in [3.63, 3.8) is 0 Å². The highest BCUT2D eigenvalue weighted by Crippen LogP contribution is 2.00. The van der Waals surface area contributed by atoms with E-state index in [1.54, 1.807) is 0 Å². The maximum Gasteiger partial charge on any atom is 0.323 e. The lowest BCUT2D eigenvalue weighted by molar-refractivity contribution is -0.141. The lowest BCUT2D eigenvalue weighted by Gasteiger charge is -2.15. The van der Waals surface area contributed by atoms with E-state index in [1.807, 2.05) is 0 Å². The van der Waals surface area contributed by atoms with E-state index in [2.05, 4.69) is 0 Å². The predicted molar refractivity (Wildman–Crippen MR) is 37.9 cm³/mol. The molecule has 0 aliphatic heterocycles. The van der Waals surface area contributed by atoms with Crippen molar-refractivity contribution in [2.45, 2.75) is 31.6 Å². The molecule has 0 amide bonds. The Kier molecular flexibility index (Phi) is 4.02. The van der Waals surface area contributed by atoms with Crippen LogP contribution in [0.15, 0.2) is 0 Å². The molecule has 0 spiro atoms. The zero-order chi connectivity index (χ0) is 9.02. The van der Waals surface area contributed by atoms with Crippen LogP contribution in [0, 0.1) is 0 Å². The molecule has 0 aliphatic rings. The maximum atomic E-state index is 10.2. The summed E-state index contributed by atoms with van der Waals surface area (Å²) in [5, 5.41) is 26.0. The minimum atomic E-state index is -1.32. The maximum absolute atomic E-state index is 10.2. The molecule has 3 atom stereocenters. The van der Waals surface area contributed by atoms with Gasteiger partial charge >= 0.3 is 5.97 Å². The average Bonchev–Trinajstić information content (AvgIpc) is 1.84. The van der Waals surface area contributed by atoms with Gasteiger partial charge in [0.2, 0.25) is 0 Å². The van der Waals surface area contributed by atoms with Crippen LogP contribution in [-0.2, 0) is 4.79 Å². The van der Waals surface area contributed by atoms with Crippen LogP contribution in [0.5, 0.6) is 0 Å². The van der Waals surface area contributed by atoms with Gasteiger partial charge in [-0.25, -0.2) is 0 Å². The second-order valence-corrected chi connectivity index (χ2v) is 2.52. The van der Waals surface area contributed by atoms with E-state index in [9.17, 15) is 4.79 Å². The lowest BCUT2D eigenvalue weighted by Crippen LogP contribution is -2.43. The Labute approximate surface area is 64.4 Å². The van der Waals surface area contributed by atoms with Crippen molar-refractivity contribution in [3.05, 3.63) is 0 Å². The van der Waals surface area contributed by atoms with E-state index in [0.717, 1.165) is 0 Å². The number of hydrogen-bond donors (Lipinski definition) is 4. The number of carboxylic acid groups (broad SMARTS) is 1. The molecule has 0 bridgehead atoms. The van der Waals surface area contributed by atoms with E-state index in [1.165, 1.54) is 6.92 Å². The van der Waals surface area contributed by atoms with Crippen LogP contribution in [-0.4, -0.2) is 39.5 Å². The first kappa shape index (κ1) is 10.3. The first-order valence-corrected chi connectivity index (χ1v) is 3.29. The van der Waals surface area contributed by atoms with Gasteiger partial charge in [-0.15, -0.1) is 0 Å². The monoisotopic (exact) mass is 163 g/mol. The van der Waals surface area contributed by atoms with Crippen LogP contribution in [0.4, 0.5) is 0 Å². The molecule has 5 N–H and O–H groups in total. The molecule has 0 saturated heterocycles. The van der Waals surface area contributed by atoms with E-state index in [-0.39, 0.29) is 6.42 Å². The molecule has 0 aromatic heterocycles. The summed E-state index contributed by atoms with van der Waals surface area (Å²) in [6.07, 6.45) is -1.95. The van der Waals surface area contributed by atoms with Crippen LogP contribution < -0.4 is 5.73 Å². The van der Waals surface area contributed by atoms with Gasteiger partial charge < -0.3 is 21.1 Å². The highest BCUT2D eigenvalue weighted by Gasteiger charge is 2.22. The predicted octanol–water partition coefficient (Wildman–Crippen LogP) is -1.47. The second-order valence-electron chi connectivity index (χ2n) is 2.52. The summed E-state index contributed by atoms with van der Waals surface area (Å²) in [5.41, 5.74) is 5.05. The molecule has 0 heterocycles. The fraction of sp³-hybridized carbons (Fsp3) is 0.833. The molecule has 5 nitrogen and oxygen atoms in total. The first-order chi connectivity index (χ1) is 4.95. The molecule has 0 aliphatic carbocycles. The van der Waals surface area contributed by atoms with Crippen molar-refractivity contribution < 1.29 is 20.1 Å². The average molecular weight is 163 g/mol. The molecule has 66 valence electrons. The standard InChI is InChI=1S/C6H13NO4/c1-3(8)2-4(9)5(7)6(10)11/h3-5,8-9H,2,7H2,1H3,(H,10,11)/t3?,4-,5+/m1/s1. The van der Waals surface area contributed by atoms with Crippen molar-refractivity contribution in [2.75, 3.05) is 0 Å². The third kappa shape index (κ3) is 3.92. The summed E-state index contributed by atoms with van der Waals surface area (Å²) in [4.78, 5) is 10.2. The van der Waals surface area contributed by atoms with Crippen LogP contribution in [0.25, 0.3) is 0 Å². The normalized spacial score (nSPS) is 18.9. The van der Waals surface area contributed by atoms with E-state index >= 15 is 0 Å². The Hall–Kier alpha value is -0.650.